The first-order valence-corrected chi connectivity index (χ1v) is 8.15. The van der Waals surface area contributed by atoms with Gasteiger partial charge < -0.3 is 9.15 Å². The Morgan fingerprint density at radius 2 is 1.88 bits per heavy atom. The second-order valence-electron chi connectivity index (χ2n) is 5.45. The summed E-state index contributed by atoms with van der Waals surface area (Å²) in [4.78, 5) is 11.7. The first-order valence-electron chi connectivity index (χ1n) is 7.77. The number of hydrogen-bond donors (Lipinski definition) is 0. The second kappa shape index (κ2) is 7.73. The van der Waals surface area contributed by atoms with Crippen molar-refractivity contribution in [1.82, 2.24) is 0 Å². The molecule has 1 aromatic heterocycles. The molecule has 0 spiro atoms. The smallest absolute Gasteiger partial charge is 0.337 e. The Labute approximate surface area is 155 Å². The van der Waals surface area contributed by atoms with Crippen molar-refractivity contribution >= 4 is 29.2 Å². The normalized spacial score (nSPS) is 11.0. The van der Waals surface area contributed by atoms with Gasteiger partial charge in [0.25, 0.3) is 0 Å². The molecule has 3 aromatic rings. The van der Waals surface area contributed by atoms with Crippen LogP contribution in [0.25, 0.3) is 23.0 Å². The molecule has 0 radical (unpaired) electrons. The molecule has 0 amide bonds. The molecule has 0 saturated heterocycles. The molecular weight excluding hydrogens is 350 g/mol. The Balaban J connectivity index is 1.93. The molecule has 0 aliphatic heterocycles. The van der Waals surface area contributed by atoms with E-state index >= 15 is 0 Å². The van der Waals surface area contributed by atoms with E-state index in [2.05, 4.69) is 6.07 Å². The predicted octanol–water partition coefficient (Wildman–Crippen LogP) is 5.45. The number of carbonyl (C=O) groups is 1. The lowest BCUT2D eigenvalue weighted by Crippen LogP contribution is -2.00. The van der Waals surface area contributed by atoms with Crippen LogP contribution in [0.3, 0.4) is 0 Å². The standard InChI is InChI=1S/C21H14ClNO3/c1-25-21(24)16-6-2-5-15(10-16)20-9-8-19(26-20)12-17(13-23)14-4-3-7-18(22)11-14/h2-12H,1H3/b17-12-. The maximum Gasteiger partial charge on any atom is 0.337 e. The van der Waals surface area contributed by atoms with Crippen molar-refractivity contribution in [2.75, 3.05) is 7.11 Å². The third-order valence-corrected chi connectivity index (χ3v) is 3.97. The number of methoxy groups -OCH3 is 1. The highest BCUT2D eigenvalue weighted by Crippen LogP contribution is 2.26. The van der Waals surface area contributed by atoms with Crippen molar-refractivity contribution in [1.29, 1.82) is 5.26 Å². The molecule has 3 rings (SSSR count). The summed E-state index contributed by atoms with van der Waals surface area (Å²) in [6.07, 6.45) is 1.65. The number of benzene rings is 2. The number of carbonyl (C=O) groups excluding carboxylic acids is 1. The monoisotopic (exact) mass is 363 g/mol. The Bertz CT molecular complexity index is 1030. The van der Waals surface area contributed by atoms with E-state index in [1.165, 1.54) is 7.11 Å². The van der Waals surface area contributed by atoms with Gasteiger partial charge in [0.2, 0.25) is 0 Å². The zero-order chi connectivity index (χ0) is 18.5. The first-order chi connectivity index (χ1) is 12.6. The third kappa shape index (κ3) is 3.85. The molecule has 0 aliphatic carbocycles. The Morgan fingerprint density at radius 1 is 1.12 bits per heavy atom. The van der Waals surface area contributed by atoms with E-state index in [4.69, 9.17) is 20.8 Å². The second-order valence-corrected chi connectivity index (χ2v) is 5.89. The van der Waals surface area contributed by atoms with Crippen LogP contribution in [0.5, 0.6) is 0 Å². The Morgan fingerprint density at radius 3 is 2.62 bits per heavy atom. The van der Waals surface area contributed by atoms with Gasteiger partial charge in [-0.25, -0.2) is 4.79 Å². The van der Waals surface area contributed by atoms with Gasteiger partial charge in [-0.2, -0.15) is 5.26 Å². The summed E-state index contributed by atoms with van der Waals surface area (Å²) >= 11 is 5.99. The van der Waals surface area contributed by atoms with E-state index in [0.29, 0.717) is 33.2 Å². The van der Waals surface area contributed by atoms with Crippen LogP contribution < -0.4 is 0 Å². The predicted molar refractivity (Wildman–Crippen MR) is 100 cm³/mol. The molecule has 2 aromatic carbocycles. The fraction of sp³-hybridized carbons (Fsp3) is 0.0476. The van der Waals surface area contributed by atoms with E-state index in [1.54, 1.807) is 54.6 Å². The fourth-order valence-corrected chi connectivity index (χ4v) is 2.67. The highest BCUT2D eigenvalue weighted by atomic mass is 35.5. The summed E-state index contributed by atoms with van der Waals surface area (Å²) < 4.78 is 10.5. The van der Waals surface area contributed by atoms with Crippen molar-refractivity contribution in [3.05, 3.63) is 82.6 Å². The number of hydrogen-bond acceptors (Lipinski definition) is 4. The zero-order valence-electron chi connectivity index (χ0n) is 13.9. The van der Waals surface area contributed by atoms with Crippen LogP contribution in [0.2, 0.25) is 5.02 Å². The maximum atomic E-state index is 11.7. The molecule has 0 unspecified atom stereocenters. The van der Waals surface area contributed by atoms with Crippen LogP contribution in [0, 0.1) is 11.3 Å². The average Bonchev–Trinajstić information content (AvgIpc) is 3.14. The summed E-state index contributed by atoms with van der Waals surface area (Å²) in [6, 6.07) is 19.7. The van der Waals surface area contributed by atoms with Gasteiger partial charge in [-0.3, -0.25) is 0 Å². The number of ether oxygens (including phenoxy) is 1. The van der Waals surface area contributed by atoms with Crippen LogP contribution in [-0.4, -0.2) is 13.1 Å². The fourth-order valence-electron chi connectivity index (χ4n) is 2.48. The molecule has 128 valence electrons. The van der Waals surface area contributed by atoms with E-state index in [-0.39, 0.29) is 0 Å². The van der Waals surface area contributed by atoms with E-state index in [0.717, 1.165) is 5.56 Å². The lowest BCUT2D eigenvalue weighted by atomic mass is 10.1. The van der Waals surface area contributed by atoms with Crippen LogP contribution >= 0.6 is 11.6 Å². The Hall–Kier alpha value is -3.29. The largest absolute Gasteiger partial charge is 0.465 e. The van der Waals surface area contributed by atoms with Gasteiger partial charge in [-0.15, -0.1) is 0 Å². The lowest BCUT2D eigenvalue weighted by Gasteiger charge is -2.02. The quantitative estimate of drug-likeness (QED) is 0.456. The van der Waals surface area contributed by atoms with Gasteiger partial charge in [0.1, 0.15) is 11.5 Å². The van der Waals surface area contributed by atoms with Crippen LogP contribution in [-0.2, 0) is 4.74 Å². The first kappa shape index (κ1) is 17.5. The van der Waals surface area contributed by atoms with Gasteiger partial charge in [0.05, 0.1) is 24.3 Å². The molecule has 5 heteroatoms. The number of halogens is 1. The minimum absolute atomic E-state index is 0.411. The van der Waals surface area contributed by atoms with Crippen molar-refractivity contribution < 1.29 is 13.9 Å². The number of allylic oxidation sites excluding steroid dienone is 1. The summed E-state index contributed by atoms with van der Waals surface area (Å²) in [5, 5.41) is 9.98. The van der Waals surface area contributed by atoms with Crippen molar-refractivity contribution in [3.8, 4) is 17.4 Å². The molecule has 26 heavy (non-hydrogen) atoms. The minimum atomic E-state index is -0.411. The van der Waals surface area contributed by atoms with Crippen molar-refractivity contribution in [2.45, 2.75) is 0 Å². The van der Waals surface area contributed by atoms with Gasteiger partial charge >= 0.3 is 5.97 Å². The highest BCUT2D eigenvalue weighted by molar-refractivity contribution is 6.30. The summed E-state index contributed by atoms with van der Waals surface area (Å²) in [7, 11) is 1.34. The molecule has 0 fully saturated rings. The molecular formula is C21H14ClNO3. The van der Waals surface area contributed by atoms with Crippen LogP contribution in [0.15, 0.2) is 65.1 Å². The lowest BCUT2D eigenvalue weighted by molar-refractivity contribution is 0.0601. The maximum absolute atomic E-state index is 11.7. The van der Waals surface area contributed by atoms with Crippen LogP contribution in [0.1, 0.15) is 21.7 Å². The molecule has 0 aliphatic rings. The molecule has 0 atom stereocenters. The SMILES string of the molecule is COC(=O)c1cccc(-c2ccc(/C=C(/C#N)c3cccc(Cl)c3)o2)c1. The number of furan rings is 1. The molecule has 0 saturated carbocycles. The van der Waals surface area contributed by atoms with Crippen molar-refractivity contribution in [3.63, 3.8) is 0 Å². The Kier molecular flexibility index (Phi) is 5.21. The number of nitriles is 1. The zero-order valence-corrected chi connectivity index (χ0v) is 14.7. The van der Waals surface area contributed by atoms with Gasteiger partial charge in [-0.05, 0) is 48.0 Å². The van der Waals surface area contributed by atoms with Crippen LogP contribution in [0.4, 0.5) is 0 Å². The molecule has 0 bridgehead atoms. The summed E-state index contributed by atoms with van der Waals surface area (Å²) in [5.74, 6) is 0.705. The van der Waals surface area contributed by atoms with Gasteiger partial charge in [-0.1, -0.05) is 35.9 Å². The number of nitrogens with zero attached hydrogens (tertiary/aromatic N) is 1. The minimum Gasteiger partial charge on any atom is -0.465 e. The molecule has 0 N–H and O–H groups in total. The average molecular weight is 364 g/mol. The molecule has 4 nitrogen and oxygen atoms in total. The van der Waals surface area contributed by atoms with E-state index in [1.807, 2.05) is 12.1 Å². The third-order valence-electron chi connectivity index (χ3n) is 3.74. The number of rotatable bonds is 4. The summed E-state index contributed by atoms with van der Waals surface area (Å²) in [5.41, 5.74) is 2.34. The topological polar surface area (TPSA) is 63.2 Å². The van der Waals surface area contributed by atoms with Gasteiger partial charge in [0, 0.05) is 10.6 Å². The molecule has 1 heterocycles. The number of esters is 1. The van der Waals surface area contributed by atoms with Gasteiger partial charge in [0.15, 0.2) is 0 Å². The highest BCUT2D eigenvalue weighted by Gasteiger charge is 2.10. The summed E-state index contributed by atoms with van der Waals surface area (Å²) in [6.45, 7) is 0. The van der Waals surface area contributed by atoms with Crippen molar-refractivity contribution in [2.24, 2.45) is 0 Å². The van der Waals surface area contributed by atoms with E-state index in [9.17, 15) is 10.1 Å². The van der Waals surface area contributed by atoms with E-state index < -0.39 is 5.97 Å².